The Labute approximate surface area is 176 Å². The van der Waals surface area contributed by atoms with Gasteiger partial charge in [-0.15, -0.1) is 0 Å². The van der Waals surface area contributed by atoms with Crippen LogP contribution in [0.4, 0.5) is 20.6 Å². The van der Waals surface area contributed by atoms with Gasteiger partial charge in [-0.2, -0.15) is 0 Å². The van der Waals surface area contributed by atoms with E-state index in [1.807, 2.05) is 6.92 Å². The molecular formula is C23H28FN3O3. The summed E-state index contributed by atoms with van der Waals surface area (Å²) in [6.07, 6.45) is 4.02. The first-order valence-electron chi connectivity index (χ1n) is 10.4. The number of hydrogen-bond acceptors (Lipinski definition) is 3. The van der Waals surface area contributed by atoms with Gasteiger partial charge >= 0.3 is 6.03 Å². The van der Waals surface area contributed by atoms with Crippen LogP contribution in [-0.4, -0.2) is 31.6 Å². The highest BCUT2D eigenvalue weighted by molar-refractivity contribution is 6.01. The molecule has 0 saturated heterocycles. The van der Waals surface area contributed by atoms with Gasteiger partial charge in [0.05, 0.1) is 6.61 Å². The summed E-state index contributed by atoms with van der Waals surface area (Å²) in [7, 11) is 0. The molecule has 0 unspecified atom stereocenters. The third-order valence-corrected chi connectivity index (χ3v) is 5.16. The lowest BCUT2D eigenvalue weighted by Gasteiger charge is -2.24. The molecule has 1 aliphatic rings. The standard InChI is InChI=1S/C23H28FN3O3/c1-2-30-21-13-9-19(10-14-21)26-23(29)27(20-11-7-18(24)8-12-20)16-15-25-22(28)17-5-3-4-6-17/h7-14,17H,2-6,15-16H2,1H3,(H,25,28)(H,26,29). The molecule has 2 aromatic rings. The van der Waals surface area contributed by atoms with Gasteiger partial charge in [-0.3, -0.25) is 9.69 Å². The van der Waals surface area contributed by atoms with Crippen molar-refractivity contribution >= 4 is 23.3 Å². The Morgan fingerprint density at radius 1 is 1.07 bits per heavy atom. The van der Waals surface area contributed by atoms with E-state index >= 15 is 0 Å². The Balaban J connectivity index is 1.64. The summed E-state index contributed by atoms with van der Waals surface area (Å²) in [5.41, 5.74) is 1.17. The zero-order valence-electron chi connectivity index (χ0n) is 17.2. The molecule has 0 heterocycles. The zero-order valence-corrected chi connectivity index (χ0v) is 17.2. The fourth-order valence-electron chi connectivity index (χ4n) is 3.58. The number of halogens is 1. The number of carbonyl (C=O) groups excluding carboxylic acids is 2. The maximum absolute atomic E-state index is 13.3. The van der Waals surface area contributed by atoms with E-state index < -0.39 is 0 Å². The molecule has 0 bridgehead atoms. The lowest BCUT2D eigenvalue weighted by atomic mass is 10.1. The van der Waals surface area contributed by atoms with E-state index in [0.717, 1.165) is 31.4 Å². The van der Waals surface area contributed by atoms with Gasteiger partial charge in [0, 0.05) is 30.4 Å². The molecule has 7 heteroatoms. The van der Waals surface area contributed by atoms with E-state index in [4.69, 9.17) is 4.74 Å². The van der Waals surface area contributed by atoms with Crippen LogP contribution in [0, 0.1) is 11.7 Å². The number of carbonyl (C=O) groups is 2. The SMILES string of the molecule is CCOc1ccc(NC(=O)N(CCNC(=O)C2CCCC2)c2ccc(F)cc2)cc1. The van der Waals surface area contributed by atoms with Crippen molar-refractivity contribution in [2.45, 2.75) is 32.6 Å². The summed E-state index contributed by atoms with van der Waals surface area (Å²) >= 11 is 0. The predicted molar refractivity (Wildman–Crippen MR) is 115 cm³/mol. The van der Waals surface area contributed by atoms with E-state index in [-0.39, 0.29) is 30.2 Å². The maximum atomic E-state index is 13.3. The minimum atomic E-state index is -0.375. The van der Waals surface area contributed by atoms with E-state index in [1.165, 1.54) is 17.0 Å². The summed E-state index contributed by atoms with van der Waals surface area (Å²) in [4.78, 5) is 26.7. The van der Waals surface area contributed by atoms with Crippen LogP contribution in [0.3, 0.4) is 0 Å². The van der Waals surface area contributed by atoms with Crippen LogP contribution in [0.2, 0.25) is 0 Å². The third-order valence-electron chi connectivity index (χ3n) is 5.16. The first kappa shape index (κ1) is 21.6. The molecule has 0 radical (unpaired) electrons. The maximum Gasteiger partial charge on any atom is 0.326 e. The summed E-state index contributed by atoms with van der Waals surface area (Å²) in [5.74, 6) is 0.459. The van der Waals surface area contributed by atoms with Crippen LogP contribution in [0.5, 0.6) is 5.75 Å². The summed E-state index contributed by atoms with van der Waals surface area (Å²) in [6.45, 7) is 3.06. The number of nitrogens with zero attached hydrogens (tertiary/aromatic N) is 1. The molecule has 30 heavy (non-hydrogen) atoms. The first-order valence-corrected chi connectivity index (χ1v) is 10.4. The van der Waals surface area contributed by atoms with Crippen molar-refractivity contribution in [2.75, 3.05) is 29.9 Å². The quantitative estimate of drug-likeness (QED) is 0.666. The smallest absolute Gasteiger partial charge is 0.326 e. The molecule has 0 aromatic heterocycles. The number of amides is 3. The molecule has 160 valence electrons. The minimum Gasteiger partial charge on any atom is -0.494 e. The molecule has 0 atom stereocenters. The van der Waals surface area contributed by atoms with Crippen molar-refractivity contribution in [3.63, 3.8) is 0 Å². The lowest BCUT2D eigenvalue weighted by molar-refractivity contribution is -0.124. The van der Waals surface area contributed by atoms with E-state index in [2.05, 4.69) is 10.6 Å². The van der Waals surface area contributed by atoms with Crippen molar-refractivity contribution < 1.29 is 18.7 Å². The Morgan fingerprint density at radius 2 is 1.73 bits per heavy atom. The van der Waals surface area contributed by atoms with Gasteiger partial charge < -0.3 is 15.4 Å². The largest absolute Gasteiger partial charge is 0.494 e. The van der Waals surface area contributed by atoms with Crippen molar-refractivity contribution in [1.29, 1.82) is 0 Å². The molecule has 1 fully saturated rings. The van der Waals surface area contributed by atoms with Gasteiger partial charge in [0.2, 0.25) is 5.91 Å². The molecule has 0 spiro atoms. The number of anilines is 2. The van der Waals surface area contributed by atoms with Crippen LogP contribution < -0.4 is 20.3 Å². The monoisotopic (exact) mass is 413 g/mol. The van der Waals surface area contributed by atoms with Gasteiger partial charge in [-0.1, -0.05) is 12.8 Å². The topological polar surface area (TPSA) is 70.7 Å². The fraction of sp³-hybridized carbons (Fsp3) is 0.391. The molecule has 3 amide bonds. The van der Waals surface area contributed by atoms with E-state index in [0.29, 0.717) is 24.5 Å². The molecule has 2 N–H and O–H groups in total. The number of ether oxygens (including phenoxy) is 1. The van der Waals surface area contributed by atoms with Crippen LogP contribution in [-0.2, 0) is 4.79 Å². The number of hydrogen-bond donors (Lipinski definition) is 2. The van der Waals surface area contributed by atoms with E-state index in [9.17, 15) is 14.0 Å². The van der Waals surface area contributed by atoms with Gasteiger partial charge in [0.15, 0.2) is 0 Å². The molecule has 6 nitrogen and oxygen atoms in total. The van der Waals surface area contributed by atoms with Crippen molar-refractivity contribution in [1.82, 2.24) is 5.32 Å². The Kier molecular flexibility index (Phi) is 7.65. The molecular weight excluding hydrogens is 385 g/mol. The predicted octanol–water partition coefficient (Wildman–Crippen LogP) is 4.57. The molecule has 1 aliphatic carbocycles. The highest BCUT2D eigenvalue weighted by atomic mass is 19.1. The summed E-state index contributed by atoms with van der Waals surface area (Å²) < 4.78 is 18.8. The summed E-state index contributed by atoms with van der Waals surface area (Å²) in [5, 5.41) is 5.77. The van der Waals surface area contributed by atoms with Crippen LogP contribution >= 0.6 is 0 Å². The van der Waals surface area contributed by atoms with Crippen LogP contribution in [0.15, 0.2) is 48.5 Å². The second kappa shape index (κ2) is 10.6. The highest BCUT2D eigenvalue weighted by Crippen LogP contribution is 2.24. The van der Waals surface area contributed by atoms with Crippen LogP contribution in [0.1, 0.15) is 32.6 Å². The van der Waals surface area contributed by atoms with Gasteiger partial charge in [-0.05, 0) is 68.3 Å². The number of urea groups is 1. The number of rotatable bonds is 8. The lowest BCUT2D eigenvalue weighted by Crippen LogP contribution is -2.42. The molecule has 2 aromatic carbocycles. The average Bonchev–Trinajstić information content (AvgIpc) is 3.29. The van der Waals surface area contributed by atoms with E-state index in [1.54, 1.807) is 36.4 Å². The number of benzene rings is 2. The van der Waals surface area contributed by atoms with Gasteiger partial charge in [-0.25, -0.2) is 9.18 Å². The van der Waals surface area contributed by atoms with Crippen molar-refractivity contribution in [3.8, 4) is 5.75 Å². The Hall–Kier alpha value is -3.09. The minimum absolute atomic E-state index is 0.0403. The van der Waals surface area contributed by atoms with Gasteiger partial charge in [0.1, 0.15) is 11.6 Å². The molecule has 1 saturated carbocycles. The van der Waals surface area contributed by atoms with Gasteiger partial charge in [0.25, 0.3) is 0 Å². The fourth-order valence-corrected chi connectivity index (χ4v) is 3.58. The zero-order chi connectivity index (χ0) is 21.3. The second-order valence-electron chi connectivity index (χ2n) is 7.29. The summed E-state index contributed by atoms with van der Waals surface area (Å²) in [6, 6.07) is 12.4. The first-order chi connectivity index (χ1) is 14.6. The Bertz CT molecular complexity index is 834. The second-order valence-corrected chi connectivity index (χ2v) is 7.29. The number of nitrogens with one attached hydrogen (secondary N) is 2. The van der Waals surface area contributed by atoms with Crippen LogP contribution in [0.25, 0.3) is 0 Å². The third kappa shape index (κ3) is 5.95. The normalized spacial score (nSPS) is 13.7. The Morgan fingerprint density at radius 3 is 2.37 bits per heavy atom. The molecule has 0 aliphatic heterocycles. The van der Waals surface area contributed by atoms with Crippen molar-refractivity contribution in [2.24, 2.45) is 5.92 Å². The molecule has 3 rings (SSSR count). The average molecular weight is 413 g/mol. The highest BCUT2D eigenvalue weighted by Gasteiger charge is 2.23. The van der Waals surface area contributed by atoms with Crippen molar-refractivity contribution in [3.05, 3.63) is 54.3 Å².